The number of anilines is 1. The van der Waals surface area contributed by atoms with Crippen molar-refractivity contribution in [3.8, 4) is 5.75 Å². The first-order chi connectivity index (χ1) is 12.1. The van der Waals surface area contributed by atoms with Crippen LogP contribution in [0.5, 0.6) is 5.75 Å². The molecular formula is C19H22N2O4. The second kappa shape index (κ2) is 9.32. The van der Waals surface area contributed by atoms with E-state index in [-0.39, 0.29) is 18.9 Å². The molecule has 6 heteroatoms. The van der Waals surface area contributed by atoms with E-state index in [1.165, 1.54) is 0 Å². The first kappa shape index (κ1) is 18.3. The number of carbonyl (C=O) groups is 2. The molecule has 2 N–H and O–H groups in total. The zero-order valence-electron chi connectivity index (χ0n) is 14.3. The Bertz CT molecular complexity index is 704. The highest BCUT2D eigenvalue weighted by Crippen LogP contribution is 2.24. The van der Waals surface area contributed by atoms with Crippen molar-refractivity contribution in [2.45, 2.75) is 19.4 Å². The molecule has 0 aromatic heterocycles. The number of alkyl carbamates (subject to hydrolysis) is 1. The maximum atomic E-state index is 12.4. The SMILES string of the molecule is CCOC(=O)N[C@@H](CC(=O)Nc1ccccc1OC)c1ccccc1. The van der Waals surface area contributed by atoms with Crippen molar-refractivity contribution in [3.63, 3.8) is 0 Å². The molecular weight excluding hydrogens is 320 g/mol. The Kier molecular flexibility index (Phi) is 6.83. The van der Waals surface area contributed by atoms with Crippen molar-refractivity contribution in [3.05, 3.63) is 60.2 Å². The van der Waals surface area contributed by atoms with Crippen molar-refractivity contribution in [2.24, 2.45) is 0 Å². The molecule has 0 aliphatic heterocycles. The number of amides is 2. The highest BCUT2D eigenvalue weighted by molar-refractivity contribution is 5.93. The second-order valence-corrected chi connectivity index (χ2v) is 5.28. The molecule has 0 heterocycles. The Morgan fingerprint density at radius 3 is 2.40 bits per heavy atom. The van der Waals surface area contributed by atoms with Crippen molar-refractivity contribution >= 4 is 17.7 Å². The summed E-state index contributed by atoms with van der Waals surface area (Å²) in [6.45, 7) is 1.99. The van der Waals surface area contributed by atoms with Gasteiger partial charge in [0.1, 0.15) is 5.75 Å². The van der Waals surface area contributed by atoms with E-state index in [9.17, 15) is 9.59 Å². The molecule has 0 bridgehead atoms. The Morgan fingerprint density at radius 2 is 1.72 bits per heavy atom. The van der Waals surface area contributed by atoms with Gasteiger partial charge in [0.05, 0.1) is 31.9 Å². The van der Waals surface area contributed by atoms with Crippen LogP contribution in [-0.4, -0.2) is 25.7 Å². The number of hydrogen-bond donors (Lipinski definition) is 2. The van der Waals surface area contributed by atoms with Gasteiger partial charge in [0.25, 0.3) is 0 Å². The lowest BCUT2D eigenvalue weighted by Gasteiger charge is -2.19. The smallest absolute Gasteiger partial charge is 0.407 e. The van der Waals surface area contributed by atoms with Gasteiger partial charge in [-0.15, -0.1) is 0 Å². The van der Waals surface area contributed by atoms with Crippen LogP contribution in [0.15, 0.2) is 54.6 Å². The number of ether oxygens (including phenoxy) is 2. The summed E-state index contributed by atoms with van der Waals surface area (Å²) in [5, 5.41) is 5.54. The van der Waals surface area contributed by atoms with Crippen molar-refractivity contribution in [1.82, 2.24) is 5.32 Å². The van der Waals surface area contributed by atoms with E-state index in [0.717, 1.165) is 5.56 Å². The van der Waals surface area contributed by atoms with Crippen LogP contribution in [-0.2, 0) is 9.53 Å². The minimum absolute atomic E-state index is 0.0703. The Morgan fingerprint density at radius 1 is 1.04 bits per heavy atom. The molecule has 0 saturated heterocycles. The first-order valence-electron chi connectivity index (χ1n) is 8.05. The quantitative estimate of drug-likeness (QED) is 0.807. The number of para-hydroxylation sites is 2. The van der Waals surface area contributed by atoms with E-state index < -0.39 is 12.1 Å². The van der Waals surface area contributed by atoms with Crippen LogP contribution in [0.1, 0.15) is 24.9 Å². The lowest BCUT2D eigenvalue weighted by Crippen LogP contribution is -2.32. The van der Waals surface area contributed by atoms with Gasteiger partial charge in [-0.1, -0.05) is 42.5 Å². The van der Waals surface area contributed by atoms with Gasteiger partial charge in [-0.25, -0.2) is 4.79 Å². The number of benzene rings is 2. The van der Waals surface area contributed by atoms with Crippen LogP contribution in [0.2, 0.25) is 0 Å². The molecule has 2 amide bonds. The van der Waals surface area contributed by atoms with Crippen LogP contribution in [0.3, 0.4) is 0 Å². The summed E-state index contributed by atoms with van der Waals surface area (Å²) in [6.07, 6.45) is -0.484. The predicted octanol–water partition coefficient (Wildman–Crippen LogP) is 3.51. The van der Waals surface area contributed by atoms with Gasteiger partial charge in [-0.05, 0) is 24.6 Å². The third kappa shape index (κ3) is 5.53. The van der Waals surface area contributed by atoms with E-state index >= 15 is 0 Å². The molecule has 0 saturated carbocycles. The van der Waals surface area contributed by atoms with Gasteiger partial charge in [0.2, 0.25) is 5.91 Å². The Hall–Kier alpha value is -3.02. The van der Waals surface area contributed by atoms with Gasteiger partial charge >= 0.3 is 6.09 Å². The molecule has 0 fully saturated rings. The Labute approximate surface area is 147 Å². The molecule has 0 aliphatic rings. The van der Waals surface area contributed by atoms with E-state index in [0.29, 0.717) is 11.4 Å². The molecule has 2 rings (SSSR count). The average Bonchev–Trinajstić information content (AvgIpc) is 2.62. The first-order valence-corrected chi connectivity index (χ1v) is 8.05. The van der Waals surface area contributed by atoms with Gasteiger partial charge in [-0.2, -0.15) is 0 Å². The fourth-order valence-electron chi connectivity index (χ4n) is 2.39. The molecule has 2 aromatic carbocycles. The third-order valence-electron chi connectivity index (χ3n) is 3.54. The summed E-state index contributed by atoms with van der Waals surface area (Å²) in [4.78, 5) is 24.2. The van der Waals surface area contributed by atoms with Crippen molar-refractivity contribution in [1.29, 1.82) is 0 Å². The number of hydrogen-bond acceptors (Lipinski definition) is 4. The molecule has 6 nitrogen and oxygen atoms in total. The number of nitrogens with one attached hydrogen (secondary N) is 2. The van der Waals surface area contributed by atoms with Gasteiger partial charge in [0, 0.05) is 0 Å². The van der Waals surface area contributed by atoms with Crippen LogP contribution < -0.4 is 15.4 Å². The largest absolute Gasteiger partial charge is 0.495 e. The molecule has 0 unspecified atom stereocenters. The van der Waals surface area contributed by atoms with E-state index in [1.807, 2.05) is 42.5 Å². The van der Waals surface area contributed by atoms with Gasteiger partial charge in [-0.3, -0.25) is 4.79 Å². The summed E-state index contributed by atoms with van der Waals surface area (Å²) in [5.74, 6) is 0.334. The molecule has 132 valence electrons. The Balaban J connectivity index is 2.10. The lowest BCUT2D eigenvalue weighted by atomic mass is 10.0. The summed E-state index contributed by atoms with van der Waals surface area (Å²) < 4.78 is 10.2. The monoisotopic (exact) mass is 342 g/mol. The molecule has 25 heavy (non-hydrogen) atoms. The van der Waals surface area contributed by atoms with Crippen LogP contribution >= 0.6 is 0 Å². The number of carbonyl (C=O) groups excluding carboxylic acids is 2. The summed E-state index contributed by atoms with van der Waals surface area (Å²) in [5.41, 5.74) is 1.41. The van der Waals surface area contributed by atoms with Crippen LogP contribution in [0.25, 0.3) is 0 Å². The van der Waals surface area contributed by atoms with E-state index in [2.05, 4.69) is 10.6 Å². The highest BCUT2D eigenvalue weighted by atomic mass is 16.5. The standard InChI is InChI=1S/C19H22N2O4/c1-3-25-19(23)21-16(14-9-5-4-6-10-14)13-18(22)20-15-11-7-8-12-17(15)24-2/h4-12,16H,3,13H2,1-2H3,(H,20,22)(H,21,23)/t16-/m0/s1. The van der Waals surface area contributed by atoms with Crippen LogP contribution in [0, 0.1) is 0 Å². The molecule has 0 spiro atoms. The average molecular weight is 342 g/mol. The number of rotatable bonds is 7. The topological polar surface area (TPSA) is 76.7 Å². The molecule has 2 aromatic rings. The third-order valence-corrected chi connectivity index (χ3v) is 3.54. The maximum Gasteiger partial charge on any atom is 0.407 e. The zero-order chi connectivity index (χ0) is 18.1. The van der Waals surface area contributed by atoms with E-state index in [1.54, 1.807) is 26.2 Å². The van der Waals surface area contributed by atoms with Gasteiger partial charge in [0.15, 0.2) is 0 Å². The fraction of sp³-hybridized carbons (Fsp3) is 0.263. The second-order valence-electron chi connectivity index (χ2n) is 5.28. The lowest BCUT2D eigenvalue weighted by molar-refractivity contribution is -0.116. The van der Waals surface area contributed by atoms with Crippen molar-refractivity contribution in [2.75, 3.05) is 19.0 Å². The fourth-order valence-corrected chi connectivity index (χ4v) is 2.39. The van der Waals surface area contributed by atoms with Crippen molar-refractivity contribution < 1.29 is 19.1 Å². The molecule has 0 radical (unpaired) electrons. The summed E-state index contributed by atoms with van der Waals surface area (Å²) in [6, 6.07) is 16.0. The molecule has 0 aliphatic carbocycles. The van der Waals surface area contributed by atoms with Gasteiger partial charge < -0.3 is 20.1 Å². The van der Waals surface area contributed by atoms with E-state index in [4.69, 9.17) is 9.47 Å². The van der Waals surface area contributed by atoms with Crippen LogP contribution in [0.4, 0.5) is 10.5 Å². The normalized spacial score (nSPS) is 11.3. The summed E-state index contributed by atoms with van der Waals surface area (Å²) in [7, 11) is 1.54. The number of methoxy groups -OCH3 is 1. The zero-order valence-corrected chi connectivity index (χ0v) is 14.3. The maximum absolute atomic E-state index is 12.4. The summed E-state index contributed by atoms with van der Waals surface area (Å²) >= 11 is 0. The highest BCUT2D eigenvalue weighted by Gasteiger charge is 2.19. The minimum atomic E-state index is -0.554. The minimum Gasteiger partial charge on any atom is -0.495 e. The predicted molar refractivity (Wildman–Crippen MR) is 95.6 cm³/mol. The molecule has 1 atom stereocenters.